The summed E-state index contributed by atoms with van der Waals surface area (Å²) in [7, 11) is 0. The molecule has 2 rings (SSSR count). The SMILES string of the molecule is C=C1CCCC(C)(C)C1(O)CC/C(C)=C/CC/C(=C/C[C@H]1OC(=O)C=C1CO)CO. The molecule has 3 N–H and O–H groups in total. The highest BCUT2D eigenvalue weighted by Crippen LogP contribution is 2.49. The molecule has 0 amide bonds. The van der Waals surface area contributed by atoms with E-state index >= 15 is 0 Å². The van der Waals surface area contributed by atoms with Crippen LogP contribution in [0.25, 0.3) is 0 Å². The van der Waals surface area contributed by atoms with E-state index in [2.05, 4.69) is 33.4 Å². The Bertz CT molecular complexity index is 728. The third kappa shape index (κ3) is 5.93. The average molecular weight is 419 g/mol. The molecule has 2 atom stereocenters. The summed E-state index contributed by atoms with van der Waals surface area (Å²) in [5.74, 6) is -0.424. The van der Waals surface area contributed by atoms with Gasteiger partial charge in [-0.25, -0.2) is 4.79 Å². The quantitative estimate of drug-likeness (QED) is 0.367. The van der Waals surface area contributed by atoms with Crippen molar-refractivity contribution < 1.29 is 24.9 Å². The third-order valence-electron chi connectivity index (χ3n) is 6.81. The average Bonchev–Trinajstić information content (AvgIpc) is 3.06. The maximum Gasteiger partial charge on any atom is 0.331 e. The largest absolute Gasteiger partial charge is 0.454 e. The summed E-state index contributed by atoms with van der Waals surface area (Å²) in [4.78, 5) is 11.3. The Morgan fingerprint density at radius 1 is 1.30 bits per heavy atom. The topological polar surface area (TPSA) is 87.0 Å². The van der Waals surface area contributed by atoms with E-state index in [9.17, 15) is 20.1 Å². The van der Waals surface area contributed by atoms with Gasteiger partial charge in [-0.2, -0.15) is 0 Å². The van der Waals surface area contributed by atoms with Crippen molar-refractivity contribution in [2.24, 2.45) is 5.41 Å². The van der Waals surface area contributed by atoms with E-state index in [1.165, 1.54) is 11.6 Å². The zero-order chi connectivity index (χ0) is 22.4. The van der Waals surface area contributed by atoms with Crippen LogP contribution < -0.4 is 0 Å². The fourth-order valence-corrected chi connectivity index (χ4v) is 4.50. The van der Waals surface area contributed by atoms with Crippen LogP contribution in [-0.2, 0) is 9.53 Å². The molecule has 0 aromatic heterocycles. The minimum Gasteiger partial charge on any atom is -0.454 e. The second-order valence-corrected chi connectivity index (χ2v) is 9.35. The van der Waals surface area contributed by atoms with Crippen molar-refractivity contribution in [3.05, 3.63) is 47.1 Å². The molecule has 0 saturated heterocycles. The molecular formula is C25H38O5. The molecule has 5 nitrogen and oxygen atoms in total. The molecule has 1 fully saturated rings. The lowest BCUT2D eigenvalue weighted by molar-refractivity contribution is -0.138. The standard InChI is InChI=1S/C25H38O5/c1-18(12-14-25(29)19(2)8-6-13-24(25,3)4)7-5-9-20(16-26)10-11-22-21(17-27)15-23(28)30-22/h7,10,15,22,26-27,29H,2,5-6,8-9,11-14,16-17H2,1,3-4H3/b18-7+,20-10-/t22-,25?/m1/s1. The minimum absolute atomic E-state index is 0.0422. The highest BCUT2D eigenvalue weighted by atomic mass is 16.5. The third-order valence-corrected chi connectivity index (χ3v) is 6.81. The number of aliphatic hydroxyl groups excluding tert-OH is 2. The maximum atomic E-state index is 11.3. The molecule has 1 heterocycles. The van der Waals surface area contributed by atoms with E-state index in [1.807, 2.05) is 6.08 Å². The smallest absolute Gasteiger partial charge is 0.331 e. The van der Waals surface area contributed by atoms with Gasteiger partial charge in [-0.05, 0) is 68.4 Å². The van der Waals surface area contributed by atoms with E-state index in [0.717, 1.165) is 49.7 Å². The summed E-state index contributed by atoms with van der Waals surface area (Å²) < 4.78 is 5.17. The first-order chi connectivity index (χ1) is 14.1. The summed E-state index contributed by atoms with van der Waals surface area (Å²) in [5.41, 5.74) is 2.69. The van der Waals surface area contributed by atoms with Gasteiger partial charge in [-0.3, -0.25) is 0 Å². The van der Waals surface area contributed by atoms with Crippen LogP contribution in [0.2, 0.25) is 0 Å². The fraction of sp³-hybridized carbons (Fsp3) is 0.640. The number of ether oxygens (including phenoxy) is 1. The number of allylic oxidation sites excluding steroid dienone is 2. The van der Waals surface area contributed by atoms with Crippen LogP contribution >= 0.6 is 0 Å². The summed E-state index contributed by atoms with van der Waals surface area (Å²) in [6.07, 6.45) is 11.4. The molecule has 1 unspecified atom stereocenters. The lowest BCUT2D eigenvalue weighted by atomic mass is 9.61. The van der Waals surface area contributed by atoms with Crippen LogP contribution in [0.15, 0.2) is 47.1 Å². The Morgan fingerprint density at radius 2 is 2.03 bits per heavy atom. The Hall–Kier alpha value is -1.69. The first-order valence-corrected chi connectivity index (χ1v) is 11.0. The van der Waals surface area contributed by atoms with E-state index in [4.69, 9.17) is 4.74 Å². The molecule has 2 aliphatic rings. The van der Waals surface area contributed by atoms with Gasteiger partial charge in [0, 0.05) is 18.1 Å². The molecule has 1 aliphatic carbocycles. The molecule has 5 heteroatoms. The zero-order valence-electron chi connectivity index (χ0n) is 18.7. The molecular weight excluding hydrogens is 380 g/mol. The van der Waals surface area contributed by atoms with Crippen LogP contribution in [0.4, 0.5) is 0 Å². The Morgan fingerprint density at radius 3 is 2.67 bits per heavy atom. The van der Waals surface area contributed by atoms with Crippen molar-refractivity contribution in [3.63, 3.8) is 0 Å². The molecule has 0 spiro atoms. The monoisotopic (exact) mass is 418 g/mol. The minimum atomic E-state index is -0.812. The Labute approximate surface area is 180 Å². The lowest BCUT2D eigenvalue weighted by Crippen LogP contribution is -2.48. The van der Waals surface area contributed by atoms with Gasteiger partial charge in [0.05, 0.1) is 18.8 Å². The Kier molecular flexibility index (Phi) is 8.65. The highest BCUT2D eigenvalue weighted by molar-refractivity contribution is 5.85. The lowest BCUT2D eigenvalue weighted by Gasteiger charge is -2.48. The van der Waals surface area contributed by atoms with Gasteiger partial charge in [0.2, 0.25) is 0 Å². The molecule has 0 aromatic carbocycles. The predicted molar refractivity (Wildman–Crippen MR) is 119 cm³/mol. The summed E-state index contributed by atoms with van der Waals surface area (Å²) in [6.45, 7) is 10.3. The predicted octanol–water partition coefficient (Wildman–Crippen LogP) is 4.14. The zero-order valence-corrected chi connectivity index (χ0v) is 18.7. The summed E-state index contributed by atoms with van der Waals surface area (Å²) >= 11 is 0. The van der Waals surface area contributed by atoms with Crippen molar-refractivity contribution in [1.82, 2.24) is 0 Å². The van der Waals surface area contributed by atoms with Gasteiger partial charge >= 0.3 is 5.97 Å². The van der Waals surface area contributed by atoms with Crippen molar-refractivity contribution in [2.45, 2.75) is 83.8 Å². The summed E-state index contributed by atoms with van der Waals surface area (Å²) in [5, 5.41) is 30.2. The molecule has 30 heavy (non-hydrogen) atoms. The van der Waals surface area contributed by atoms with E-state index in [-0.39, 0.29) is 18.6 Å². The van der Waals surface area contributed by atoms with Crippen molar-refractivity contribution in [3.8, 4) is 0 Å². The van der Waals surface area contributed by atoms with Gasteiger partial charge in [-0.1, -0.05) is 38.2 Å². The van der Waals surface area contributed by atoms with E-state index in [1.54, 1.807) is 0 Å². The molecule has 168 valence electrons. The van der Waals surface area contributed by atoms with Crippen LogP contribution in [0, 0.1) is 5.41 Å². The first kappa shape index (κ1) is 24.6. The number of esters is 1. The summed E-state index contributed by atoms with van der Waals surface area (Å²) in [6, 6.07) is 0. The van der Waals surface area contributed by atoms with Crippen LogP contribution in [0.1, 0.15) is 72.1 Å². The molecule has 1 aliphatic heterocycles. The van der Waals surface area contributed by atoms with Gasteiger partial charge in [0.15, 0.2) is 0 Å². The normalized spacial score (nSPS) is 27.3. The second-order valence-electron chi connectivity index (χ2n) is 9.35. The molecule has 0 aromatic rings. The number of carbonyl (C=O) groups excluding carboxylic acids is 1. The first-order valence-electron chi connectivity index (χ1n) is 11.0. The van der Waals surface area contributed by atoms with Gasteiger partial charge < -0.3 is 20.1 Å². The number of rotatable bonds is 10. The highest BCUT2D eigenvalue weighted by Gasteiger charge is 2.46. The van der Waals surface area contributed by atoms with Crippen LogP contribution in [0.3, 0.4) is 0 Å². The van der Waals surface area contributed by atoms with Crippen molar-refractivity contribution >= 4 is 5.97 Å². The van der Waals surface area contributed by atoms with Crippen LogP contribution in [0.5, 0.6) is 0 Å². The number of hydrogen-bond acceptors (Lipinski definition) is 5. The number of carbonyl (C=O) groups is 1. The molecule has 1 saturated carbocycles. The number of aliphatic hydroxyl groups is 3. The number of cyclic esters (lactones) is 1. The van der Waals surface area contributed by atoms with Gasteiger partial charge in [-0.15, -0.1) is 0 Å². The van der Waals surface area contributed by atoms with E-state index < -0.39 is 17.7 Å². The van der Waals surface area contributed by atoms with Crippen molar-refractivity contribution in [1.29, 1.82) is 0 Å². The molecule has 0 bridgehead atoms. The maximum absolute atomic E-state index is 11.3. The van der Waals surface area contributed by atoms with Gasteiger partial charge in [0.25, 0.3) is 0 Å². The van der Waals surface area contributed by atoms with E-state index in [0.29, 0.717) is 18.4 Å². The number of hydrogen-bond donors (Lipinski definition) is 3. The molecule has 0 radical (unpaired) electrons. The van der Waals surface area contributed by atoms with Gasteiger partial charge in [0.1, 0.15) is 6.10 Å². The van der Waals surface area contributed by atoms with Crippen LogP contribution in [-0.4, -0.2) is 46.2 Å². The van der Waals surface area contributed by atoms with Crippen molar-refractivity contribution in [2.75, 3.05) is 13.2 Å². The second kappa shape index (κ2) is 10.6. The Balaban J connectivity index is 1.85. The fourth-order valence-electron chi connectivity index (χ4n) is 4.50.